The van der Waals surface area contributed by atoms with Gasteiger partial charge >= 0.3 is 5.97 Å². The number of alkyl halides is 1. The molecule has 2 nitrogen and oxygen atoms in total. The first-order valence-corrected chi connectivity index (χ1v) is 6.02. The van der Waals surface area contributed by atoms with E-state index < -0.39 is 11.3 Å². The number of hydrogen-bond acceptors (Lipinski definition) is 2. The van der Waals surface area contributed by atoms with E-state index in [1.807, 2.05) is 0 Å². The minimum atomic E-state index is -0.739. The summed E-state index contributed by atoms with van der Waals surface area (Å²) in [6.07, 6.45) is 0.319. The van der Waals surface area contributed by atoms with E-state index in [1.54, 1.807) is 19.1 Å². The SMILES string of the molecule is CCOC(=O)C(Cl)Cc1ccc(F)c(Br)c1. The molecule has 88 valence electrons. The van der Waals surface area contributed by atoms with Gasteiger partial charge in [-0.1, -0.05) is 6.07 Å². The van der Waals surface area contributed by atoms with Crippen molar-refractivity contribution in [3.63, 3.8) is 0 Å². The summed E-state index contributed by atoms with van der Waals surface area (Å²) in [5, 5.41) is -0.739. The highest BCUT2D eigenvalue weighted by Crippen LogP contribution is 2.19. The van der Waals surface area contributed by atoms with E-state index in [-0.39, 0.29) is 5.82 Å². The van der Waals surface area contributed by atoms with Crippen LogP contribution in [0, 0.1) is 5.82 Å². The van der Waals surface area contributed by atoms with Crippen molar-refractivity contribution in [1.29, 1.82) is 0 Å². The Morgan fingerprint density at radius 2 is 2.31 bits per heavy atom. The summed E-state index contributed by atoms with van der Waals surface area (Å²) in [4.78, 5) is 11.3. The van der Waals surface area contributed by atoms with Gasteiger partial charge in [0, 0.05) is 0 Å². The first kappa shape index (κ1) is 13.5. The highest BCUT2D eigenvalue weighted by atomic mass is 79.9. The van der Waals surface area contributed by atoms with Crippen molar-refractivity contribution in [2.24, 2.45) is 0 Å². The van der Waals surface area contributed by atoms with Gasteiger partial charge in [0.05, 0.1) is 11.1 Å². The van der Waals surface area contributed by atoms with Crippen LogP contribution in [0.5, 0.6) is 0 Å². The molecule has 16 heavy (non-hydrogen) atoms. The predicted octanol–water partition coefficient (Wildman–Crippen LogP) is 3.30. The molecule has 0 radical (unpaired) electrons. The van der Waals surface area contributed by atoms with Crippen LogP contribution < -0.4 is 0 Å². The Morgan fingerprint density at radius 1 is 1.62 bits per heavy atom. The Labute approximate surface area is 107 Å². The average Bonchev–Trinajstić information content (AvgIpc) is 2.24. The van der Waals surface area contributed by atoms with Crippen LogP contribution in [-0.4, -0.2) is 18.0 Å². The highest BCUT2D eigenvalue weighted by molar-refractivity contribution is 9.10. The molecular formula is C11H11BrClFO2. The van der Waals surface area contributed by atoms with Gasteiger partial charge < -0.3 is 4.74 Å². The van der Waals surface area contributed by atoms with Crippen molar-refractivity contribution in [2.45, 2.75) is 18.7 Å². The fourth-order valence-electron chi connectivity index (χ4n) is 1.19. The molecule has 1 aromatic carbocycles. The Balaban J connectivity index is 2.66. The maximum atomic E-state index is 12.9. The van der Waals surface area contributed by atoms with Crippen LogP contribution in [0.2, 0.25) is 0 Å². The van der Waals surface area contributed by atoms with Crippen molar-refractivity contribution in [3.05, 3.63) is 34.1 Å². The van der Waals surface area contributed by atoms with Crippen LogP contribution in [0.1, 0.15) is 12.5 Å². The Bertz CT molecular complexity index is 384. The van der Waals surface area contributed by atoms with Crippen molar-refractivity contribution >= 4 is 33.5 Å². The monoisotopic (exact) mass is 308 g/mol. The molecular weight excluding hydrogens is 298 g/mol. The summed E-state index contributed by atoms with van der Waals surface area (Å²) in [5.41, 5.74) is 0.779. The molecule has 0 aliphatic carbocycles. The second-order valence-electron chi connectivity index (χ2n) is 3.17. The van der Waals surface area contributed by atoms with E-state index in [4.69, 9.17) is 16.3 Å². The smallest absolute Gasteiger partial charge is 0.324 e. The van der Waals surface area contributed by atoms with Crippen molar-refractivity contribution in [2.75, 3.05) is 6.61 Å². The third-order valence-electron chi connectivity index (χ3n) is 1.94. The number of hydrogen-bond donors (Lipinski definition) is 0. The lowest BCUT2D eigenvalue weighted by Gasteiger charge is -2.09. The highest BCUT2D eigenvalue weighted by Gasteiger charge is 2.17. The largest absolute Gasteiger partial charge is 0.465 e. The first-order chi connectivity index (χ1) is 7.54. The molecule has 0 aromatic heterocycles. The molecule has 1 aromatic rings. The second kappa shape index (κ2) is 6.21. The summed E-state index contributed by atoms with van der Waals surface area (Å²) < 4.78 is 18.1. The van der Waals surface area contributed by atoms with E-state index in [0.29, 0.717) is 17.5 Å². The summed E-state index contributed by atoms with van der Waals surface area (Å²) in [6.45, 7) is 2.02. The van der Waals surface area contributed by atoms with Gasteiger partial charge in [-0.15, -0.1) is 11.6 Å². The number of carbonyl (C=O) groups is 1. The van der Waals surface area contributed by atoms with Gasteiger partial charge in [-0.3, -0.25) is 4.79 Å². The molecule has 0 bridgehead atoms. The number of benzene rings is 1. The third kappa shape index (κ3) is 3.76. The zero-order valence-electron chi connectivity index (χ0n) is 8.67. The maximum absolute atomic E-state index is 12.9. The molecule has 0 saturated heterocycles. The third-order valence-corrected chi connectivity index (χ3v) is 2.88. The fourth-order valence-corrected chi connectivity index (χ4v) is 1.86. The lowest BCUT2D eigenvalue weighted by atomic mass is 10.1. The first-order valence-electron chi connectivity index (χ1n) is 4.79. The van der Waals surface area contributed by atoms with E-state index in [9.17, 15) is 9.18 Å². The average molecular weight is 310 g/mol. The Kier molecular flexibility index (Phi) is 5.22. The Hall–Kier alpha value is -0.610. The van der Waals surface area contributed by atoms with Crippen molar-refractivity contribution in [1.82, 2.24) is 0 Å². The molecule has 0 aliphatic heterocycles. The second-order valence-corrected chi connectivity index (χ2v) is 4.55. The van der Waals surface area contributed by atoms with E-state index >= 15 is 0 Å². The molecule has 1 unspecified atom stereocenters. The normalized spacial score (nSPS) is 12.2. The summed E-state index contributed by atoms with van der Waals surface area (Å²) >= 11 is 8.92. The van der Waals surface area contributed by atoms with Crippen LogP contribution in [0.25, 0.3) is 0 Å². The maximum Gasteiger partial charge on any atom is 0.324 e. The van der Waals surface area contributed by atoms with Gasteiger partial charge in [0.25, 0.3) is 0 Å². The molecule has 1 atom stereocenters. The van der Waals surface area contributed by atoms with Gasteiger partial charge in [0.1, 0.15) is 11.2 Å². The number of rotatable bonds is 4. The fraction of sp³-hybridized carbons (Fsp3) is 0.364. The van der Waals surface area contributed by atoms with Gasteiger partial charge in [0.2, 0.25) is 0 Å². The van der Waals surface area contributed by atoms with Crippen LogP contribution >= 0.6 is 27.5 Å². The minimum absolute atomic E-state index is 0.301. The Morgan fingerprint density at radius 3 is 2.88 bits per heavy atom. The van der Waals surface area contributed by atoms with E-state index in [0.717, 1.165) is 5.56 Å². The van der Waals surface area contributed by atoms with Crippen LogP contribution in [-0.2, 0) is 16.0 Å². The molecule has 0 fully saturated rings. The van der Waals surface area contributed by atoms with Gasteiger partial charge in [0.15, 0.2) is 0 Å². The molecule has 5 heteroatoms. The van der Waals surface area contributed by atoms with Gasteiger partial charge in [-0.25, -0.2) is 4.39 Å². The topological polar surface area (TPSA) is 26.3 Å². The number of esters is 1. The predicted molar refractivity (Wildman–Crippen MR) is 64.1 cm³/mol. The van der Waals surface area contributed by atoms with E-state index in [1.165, 1.54) is 6.07 Å². The molecule has 0 spiro atoms. The molecule has 0 N–H and O–H groups in total. The summed E-state index contributed by atoms with van der Waals surface area (Å²) in [6, 6.07) is 4.52. The quantitative estimate of drug-likeness (QED) is 0.630. The number of carbonyl (C=O) groups excluding carboxylic acids is 1. The van der Waals surface area contributed by atoms with Crippen LogP contribution in [0.4, 0.5) is 4.39 Å². The number of halogens is 3. The standard InChI is InChI=1S/C11H11BrClFO2/c1-2-16-11(15)9(13)6-7-3-4-10(14)8(12)5-7/h3-5,9H,2,6H2,1H3. The molecule has 0 saturated carbocycles. The van der Waals surface area contributed by atoms with Gasteiger partial charge in [-0.05, 0) is 47.0 Å². The molecule has 0 amide bonds. The van der Waals surface area contributed by atoms with Gasteiger partial charge in [-0.2, -0.15) is 0 Å². The zero-order chi connectivity index (χ0) is 12.1. The van der Waals surface area contributed by atoms with Crippen LogP contribution in [0.15, 0.2) is 22.7 Å². The van der Waals surface area contributed by atoms with Crippen LogP contribution in [0.3, 0.4) is 0 Å². The zero-order valence-corrected chi connectivity index (χ0v) is 11.0. The minimum Gasteiger partial charge on any atom is -0.465 e. The molecule has 0 aliphatic rings. The molecule has 1 rings (SSSR count). The number of ether oxygens (including phenoxy) is 1. The van der Waals surface area contributed by atoms with E-state index in [2.05, 4.69) is 15.9 Å². The molecule has 0 heterocycles. The lowest BCUT2D eigenvalue weighted by molar-refractivity contribution is -0.142. The summed E-state index contributed by atoms with van der Waals surface area (Å²) in [5.74, 6) is -0.796. The van der Waals surface area contributed by atoms with Crippen molar-refractivity contribution < 1.29 is 13.9 Å². The summed E-state index contributed by atoms with van der Waals surface area (Å²) in [7, 11) is 0. The lowest BCUT2D eigenvalue weighted by Crippen LogP contribution is -2.20. The van der Waals surface area contributed by atoms with Crippen molar-refractivity contribution in [3.8, 4) is 0 Å².